The summed E-state index contributed by atoms with van der Waals surface area (Å²) in [6.45, 7) is 2.00. The molecule has 0 spiro atoms. The van der Waals surface area contributed by atoms with Crippen LogP contribution in [-0.2, 0) is 11.0 Å². The van der Waals surface area contributed by atoms with Gasteiger partial charge in [-0.3, -0.25) is 9.59 Å². The van der Waals surface area contributed by atoms with Crippen LogP contribution in [0.1, 0.15) is 51.0 Å². The lowest BCUT2D eigenvalue weighted by molar-refractivity contribution is -0.140. The van der Waals surface area contributed by atoms with Crippen LogP contribution in [0.4, 0.5) is 43.9 Å². The van der Waals surface area contributed by atoms with E-state index in [1.54, 1.807) is 5.32 Å². The second-order valence-electron chi connectivity index (χ2n) is 8.79. The van der Waals surface area contributed by atoms with E-state index in [0.717, 1.165) is 19.1 Å². The average molecular weight is 607 g/mol. The molecule has 220 valence electrons. The van der Waals surface area contributed by atoms with Gasteiger partial charge in [0.25, 0.3) is 5.91 Å². The van der Waals surface area contributed by atoms with Crippen molar-refractivity contribution in [2.75, 3.05) is 6.54 Å². The Kier molecular flexibility index (Phi) is 9.93. The van der Waals surface area contributed by atoms with Gasteiger partial charge in [0, 0.05) is 10.6 Å². The Balaban J connectivity index is 2.45. The molecule has 0 saturated heterocycles. The van der Waals surface area contributed by atoms with Crippen LogP contribution in [0.3, 0.4) is 0 Å². The molecule has 2 unspecified atom stereocenters. The van der Waals surface area contributed by atoms with Gasteiger partial charge < -0.3 is 10.6 Å². The number of alkyl halides is 9. The summed E-state index contributed by atoms with van der Waals surface area (Å²) in [4.78, 5) is 24.2. The second-order valence-corrected chi connectivity index (χ2v) is 9.17. The fourth-order valence-electron chi connectivity index (χ4n) is 3.59. The van der Waals surface area contributed by atoms with Gasteiger partial charge in [0.15, 0.2) is 0 Å². The van der Waals surface area contributed by atoms with E-state index in [-0.39, 0.29) is 28.3 Å². The van der Waals surface area contributed by atoms with E-state index >= 15 is 4.39 Å². The number of aryl methyl sites for hydroxylation is 2. The van der Waals surface area contributed by atoms with E-state index in [0.29, 0.717) is 12.1 Å². The van der Waals surface area contributed by atoms with Crippen LogP contribution in [0, 0.1) is 13.8 Å². The van der Waals surface area contributed by atoms with Crippen molar-refractivity contribution in [1.82, 2.24) is 10.6 Å². The molecule has 2 N–H and O–H groups in total. The summed E-state index contributed by atoms with van der Waals surface area (Å²) in [5, 5.41) is 3.43. The molecule has 0 radical (unpaired) electrons. The van der Waals surface area contributed by atoms with Gasteiger partial charge in [0.1, 0.15) is 24.3 Å². The number of hydrogen-bond acceptors (Lipinski definition) is 2. The van der Waals surface area contributed by atoms with Gasteiger partial charge in [-0.15, -0.1) is 0 Å². The van der Waals surface area contributed by atoms with Crippen LogP contribution in [0.15, 0.2) is 36.4 Å². The number of rotatable bonds is 7. The maximum atomic E-state index is 15.0. The summed E-state index contributed by atoms with van der Waals surface area (Å²) in [7, 11) is 0. The highest BCUT2D eigenvalue weighted by Gasteiger charge is 2.41. The van der Waals surface area contributed by atoms with Crippen LogP contribution < -0.4 is 10.6 Å². The van der Waals surface area contributed by atoms with Crippen molar-refractivity contribution in [1.29, 1.82) is 0 Å². The number of nitrogens with one attached hydrogen (secondary N) is 2. The second kappa shape index (κ2) is 12.1. The van der Waals surface area contributed by atoms with Crippen LogP contribution in [0.5, 0.6) is 0 Å². The van der Waals surface area contributed by atoms with Crippen LogP contribution in [0.25, 0.3) is 5.83 Å². The SMILES string of the molecule is Cc1cc(C(/C=C(\F)c2ccc(C(=O)NC(C)C(=O)NCC(F)(F)F)c(C(F)(F)F)c2)C(F)(F)F)cc(C)c1Cl. The maximum absolute atomic E-state index is 15.0. The lowest BCUT2D eigenvalue weighted by Crippen LogP contribution is -2.47. The van der Waals surface area contributed by atoms with Gasteiger partial charge >= 0.3 is 18.5 Å². The molecule has 0 aliphatic rings. The number of carbonyl (C=O) groups is 2. The van der Waals surface area contributed by atoms with Gasteiger partial charge in [0.05, 0.1) is 11.1 Å². The van der Waals surface area contributed by atoms with E-state index in [1.165, 1.54) is 19.2 Å². The van der Waals surface area contributed by atoms with Crippen molar-refractivity contribution < 1.29 is 53.5 Å². The molecule has 2 rings (SSSR count). The molecule has 15 heteroatoms. The molecule has 2 atom stereocenters. The van der Waals surface area contributed by atoms with E-state index in [4.69, 9.17) is 11.6 Å². The summed E-state index contributed by atoms with van der Waals surface area (Å²) in [5.41, 5.74) is -3.72. The summed E-state index contributed by atoms with van der Waals surface area (Å²) in [6, 6.07) is 1.64. The first-order chi connectivity index (χ1) is 18.1. The van der Waals surface area contributed by atoms with Crippen LogP contribution >= 0.6 is 11.6 Å². The Bertz CT molecular complexity index is 1280. The number of hydrogen-bond donors (Lipinski definition) is 2. The molecular weight excluding hydrogens is 586 g/mol. The summed E-state index contributed by atoms with van der Waals surface area (Å²) in [6.07, 6.45) is -15.0. The van der Waals surface area contributed by atoms with Crippen LogP contribution in [-0.4, -0.2) is 36.8 Å². The topological polar surface area (TPSA) is 58.2 Å². The monoisotopic (exact) mass is 606 g/mol. The number of allylic oxidation sites excluding steroid dienone is 1. The van der Waals surface area contributed by atoms with Crippen molar-refractivity contribution in [3.05, 3.63) is 74.8 Å². The van der Waals surface area contributed by atoms with Crippen molar-refractivity contribution in [3.8, 4) is 0 Å². The zero-order valence-electron chi connectivity index (χ0n) is 20.8. The zero-order valence-corrected chi connectivity index (χ0v) is 21.6. The maximum Gasteiger partial charge on any atom is 0.417 e. The summed E-state index contributed by atoms with van der Waals surface area (Å²) >= 11 is 5.98. The first-order valence-corrected chi connectivity index (χ1v) is 11.6. The van der Waals surface area contributed by atoms with Crippen molar-refractivity contribution in [2.24, 2.45) is 0 Å². The van der Waals surface area contributed by atoms with Gasteiger partial charge in [-0.2, -0.15) is 39.5 Å². The van der Waals surface area contributed by atoms with Gasteiger partial charge in [-0.25, -0.2) is 4.39 Å². The minimum atomic E-state index is -5.31. The Hall–Kier alpha value is -3.29. The molecule has 0 saturated carbocycles. The number of benzene rings is 2. The zero-order chi connectivity index (χ0) is 30.8. The fraction of sp³-hybridized carbons (Fsp3) is 0.360. The lowest BCUT2D eigenvalue weighted by Gasteiger charge is -2.20. The van der Waals surface area contributed by atoms with E-state index in [2.05, 4.69) is 0 Å². The van der Waals surface area contributed by atoms with Crippen molar-refractivity contribution >= 4 is 29.2 Å². The third kappa shape index (κ3) is 8.60. The summed E-state index contributed by atoms with van der Waals surface area (Å²) in [5.74, 6) is -7.13. The molecule has 40 heavy (non-hydrogen) atoms. The van der Waals surface area contributed by atoms with Crippen LogP contribution in [0.2, 0.25) is 5.02 Å². The molecule has 2 aromatic carbocycles. The van der Waals surface area contributed by atoms with Crippen molar-refractivity contribution in [2.45, 2.75) is 51.3 Å². The predicted octanol–water partition coefficient (Wildman–Crippen LogP) is 7.43. The first-order valence-electron chi connectivity index (χ1n) is 11.2. The van der Waals surface area contributed by atoms with E-state index in [9.17, 15) is 49.1 Å². The molecule has 0 aliphatic heterocycles. The first kappa shape index (κ1) is 32.9. The molecule has 2 aromatic rings. The third-order valence-electron chi connectivity index (χ3n) is 5.53. The standard InChI is InChI=1S/C25H21ClF10N2O2/c1-11-6-15(7-12(2)20(11)26)17(24(31,32)33)9-19(27)14-4-5-16(18(8-14)25(34,35)36)22(40)38-13(3)21(39)37-10-23(28,29)30/h4-9,13,17H,10H2,1-3H3,(H,37,39)(H,38,40)/b19-9-. The smallest absolute Gasteiger partial charge is 0.345 e. The quantitative estimate of drug-likeness (QED) is 0.322. The minimum Gasteiger partial charge on any atom is -0.345 e. The highest BCUT2D eigenvalue weighted by atomic mass is 35.5. The van der Waals surface area contributed by atoms with Crippen molar-refractivity contribution in [3.63, 3.8) is 0 Å². The highest BCUT2D eigenvalue weighted by Crippen LogP contribution is 2.41. The van der Waals surface area contributed by atoms with Gasteiger partial charge in [0.2, 0.25) is 5.91 Å². The molecule has 0 aliphatic carbocycles. The number of carbonyl (C=O) groups excluding carboxylic acids is 2. The fourth-order valence-corrected chi connectivity index (χ4v) is 3.70. The Morgan fingerprint density at radius 2 is 1.50 bits per heavy atom. The molecule has 2 amide bonds. The Morgan fingerprint density at radius 3 is 1.98 bits per heavy atom. The van der Waals surface area contributed by atoms with E-state index < -0.39 is 76.9 Å². The summed E-state index contributed by atoms with van der Waals surface area (Å²) < 4.78 is 134. The largest absolute Gasteiger partial charge is 0.417 e. The average Bonchev–Trinajstić information content (AvgIpc) is 2.81. The van der Waals surface area contributed by atoms with Gasteiger partial charge in [-0.1, -0.05) is 29.8 Å². The normalized spacial score (nSPS) is 14.5. The Labute approximate surface area is 226 Å². The molecule has 0 bridgehead atoms. The molecule has 0 heterocycles. The molecule has 0 aromatic heterocycles. The number of halogens is 11. The highest BCUT2D eigenvalue weighted by molar-refractivity contribution is 6.32. The third-order valence-corrected chi connectivity index (χ3v) is 6.13. The van der Waals surface area contributed by atoms with Gasteiger partial charge in [-0.05, 0) is 55.7 Å². The lowest BCUT2D eigenvalue weighted by atomic mass is 9.93. The molecule has 4 nitrogen and oxygen atoms in total. The Morgan fingerprint density at radius 1 is 0.950 bits per heavy atom. The molecule has 0 fully saturated rings. The number of amides is 2. The molecular formula is C25H21ClF10N2O2. The minimum absolute atomic E-state index is 0.0877. The van der Waals surface area contributed by atoms with E-state index in [1.807, 2.05) is 0 Å². The predicted molar refractivity (Wildman–Crippen MR) is 126 cm³/mol.